The molecule has 3 aromatic carbocycles. The molecule has 7 heteroatoms. The van der Waals surface area contributed by atoms with Gasteiger partial charge in [0.05, 0.1) is 11.8 Å². The molecule has 0 saturated carbocycles. The first-order valence-electron chi connectivity index (χ1n) is 11.6. The second kappa shape index (κ2) is 10.6. The van der Waals surface area contributed by atoms with E-state index in [-0.39, 0.29) is 23.9 Å². The van der Waals surface area contributed by atoms with Crippen LogP contribution in [0, 0.1) is 5.82 Å². The number of anilines is 1. The summed E-state index contributed by atoms with van der Waals surface area (Å²) in [7, 11) is 1.85. The van der Waals surface area contributed by atoms with Gasteiger partial charge in [0.2, 0.25) is 5.91 Å². The summed E-state index contributed by atoms with van der Waals surface area (Å²) in [6.07, 6.45) is -0.0721. The molecule has 3 atom stereocenters. The maximum absolute atomic E-state index is 13.5. The number of nitrogens with one attached hydrogen (secondary N) is 1. The zero-order chi connectivity index (χ0) is 24.9. The predicted octanol–water partition coefficient (Wildman–Crippen LogP) is 3.47. The van der Waals surface area contributed by atoms with Crippen molar-refractivity contribution in [3.8, 4) is 0 Å². The van der Waals surface area contributed by atoms with Crippen molar-refractivity contribution in [3.05, 3.63) is 101 Å². The van der Waals surface area contributed by atoms with Gasteiger partial charge in [-0.3, -0.25) is 14.6 Å². The first kappa shape index (κ1) is 24.3. The average molecular weight is 473 g/mol. The number of amides is 1. The first-order chi connectivity index (χ1) is 16.8. The Balaban J connectivity index is 1.54. The number of Topliss-reactive ketones (excluding diaryl/α,β-unsaturated/α-hetero) is 1. The van der Waals surface area contributed by atoms with Gasteiger partial charge in [0.15, 0.2) is 5.78 Å². The Bertz CT molecular complexity index is 1230. The van der Waals surface area contributed by atoms with Crippen LogP contribution < -0.4 is 16.0 Å². The number of nitrogens with two attached hydrogens (primary N) is 1. The SMILES string of the molecule is CC(NC(=O)CCc1ccc(F)cc1)C(=O)C1N=C(c2ccccc2)c2ccccc2N(C)[C@@H]1N. The molecule has 1 amide bonds. The van der Waals surface area contributed by atoms with Gasteiger partial charge in [-0.2, -0.15) is 0 Å². The van der Waals surface area contributed by atoms with Crippen LogP contribution >= 0.6 is 0 Å². The molecule has 0 spiro atoms. The van der Waals surface area contributed by atoms with Gasteiger partial charge in [0, 0.05) is 30.3 Å². The van der Waals surface area contributed by atoms with Gasteiger partial charge < -0.3 is 16.0 Å². The van der Waals surface area contributed by atoms with Crippen molar-refractivity contribution in [2.75, 3.05) is 11.9 Å². The van der Waals surface area contributed by atoms with E-state index in [1.54, 1.807) is 19.1 Å². The molecule has 1 heterocycles. The fourth-order valence-electron chi connectivity index (χ4n) is 4.25. The zero-order valence-corrected chi connectivity index (χ0v) is 19.8. The van der Waals surface area contributed by atoms with Crippen LogP contribution in [-0.4, -0.2) is 42.7 Å². The maximum Gasteiger partial charge on any atom is 0.220 e. The summed E-state index contributed by atoms with van der Waals surface area (Å²) in [6, 6.07) is 21.8. The molecule has 0 aliphatic carbocycles. The van der Waals surface area contributed by atoms with Crippen LogP contribution in [0.5, 0.6) is 0 Å². The standard InChI is InChI=1S/C28H29FN4O2/c1-18(31-24(34)17-14-19-12-15-21(29)16-13-19)27(35)26-28(30)33(2)23-11-7-6-10-22(23)25(32-26)20-8-4-3-5-9-20/h3-13,15-16,18,26,28H,14,17,30H2,1-2H3,(H,31,34)/t18?,26?,28-/m0/s1. The lowest BCUT2D eigenvalue weighted by Crippen LogP contribution is -2.55. The minimum Gasteiger partial charge on any atom is -0.356 e. The minimum absolute atomic E-state index is 0.184. The van der Waals surface area contributed by atoms with Crippen molar-refractivity contribution < 1.29 is 14.0 Å². The number of hydrogen-bond acceptors (Lipinski definition) is 5. The highest BCUT2D eigenvalue weighted by atomic mass is 19.1. The van der Waals surface area contributed by atoms with Crippen LogP contribution in [0.4, 0.5) is 10.1 Å². The molecule has 35 heavy (non-hydrogen) atoms. The molecule has 1 aliphatic rings. The highest BCUT2D eigenvalue weighted by Crippen LogP contribution is 2.29. The molecule has 2 unspecified atom stereocenters. The van der Waals surface area contributed by atoms with E-state index >= 15 is 0 Å². The number of para-hydroxylation sites is 1. The van der Waals surface area contributed by atoms with Crippen molar-refractivity contribution in [1.82, 2.24) is 5.32 Å². The molecule has 3 N–H and O–H groups in total. The van der Waals surface area contributed by atoms with Gasteiger partial charge >= 0.3 is 0 Å². The molecule has 4 rings (SSSR count). The van der Waals surface area contributed by atoms with Crippen molar-refractivity contribution in [1.29, 1.82) is 0 Å². The number of carbonyl (C=O) groups is 2. The third-order valence-corrected chi connectivity index (χ3v) is 6.28. The Kier molecular flexibility index (Phi) is 7.36. The second-order valence-corrected chi connectivity index (χ2v) is 8.73. The van der Waals surface area contributed by atoms with Crippen molar-refractivity contribution >= 4 is 23.1 Å². The van der Waals surface area contributed by atoms with Crippen LogP contribution in [0.3, 0.4) is 0 Å². The number of rotatable bonds is 7. The number of nitrogens with zero attached hydrogens (tertiary/aromatic N) is 2. The molecule has 0 radical (unpaired) electrons. The van der Waals surface area contributed by atoms with Crippen LogP contribution in [0.2, 0.25) is 0 Å². The van der Waals surface area contributed by atoms with Gasteiger partial charge in [-0.15, -0.1) is 0 Å². The zero-order valence-electron chi connectivity index (χ0n) is 19.8. The molecule has 6 nitrogen and oxygen atoms in total. The molecule has 0 aromatic heterocycles. The molecule has 0 saturated heterocycles. The Morgan fingerprint density at radius 3 is 2.40 bits per heavy atom. The fraction of sp³-hybridized carbons (Fsp3) is 0.250. The van der Waals surface area contributed by atoms with Gasteiger partial charge in [0.1, 0.15) is 18.0 Å². The average Bonchev–Trinajstić information content (AvgIpc) is 2.98. The van der Waals surface area contributed by atoms with Crippen LogP contribution in [0.15, 0.2) is 83.9 Å². The van der Waals surface area contributed by atoms with Crippen molar-refractivity contribution in [2.45, 2.75) is 38.0 Å². The summed E-state index contributed by atoms with van der Waals surface area (Å²) in [5, 5.41) is 2.78. The summed E-state index contributed by atoms with van der Waals surface area (Å²) in [5.74, 6) is -0.846. The van der Waals surface area contributed by atoms with Gasteiger partial charge in [-0.05, 0) is 37.1 Å². The van der Waals surface area contributed by atoms with E-state index < -0.39 is 18.2 Å². The summed E-state index contributed by atoms with van der Waals surface area (Å²) in [5.41, 5.74) is 10.7. The number of halogens is 1. The van der Waals surface area contributed by atoms with Gasteiger partial charge in [-0.25, -0.2) is 4.39 Å². The molecular weight excluding hydrogens is 443 g/mol. The lowest BCUT2D eigenvalue weighted by Gasteiger charge is -2.30. The van der Waals surface area contributed by atoms with Crippen LogP contribution in [0.25, 0.3) is 0 Å². The largest absolute Gasteiger partial charge is 0.356 e. The van der Waals surface area contributed by atoms with Gasteiger partial charge in [-0.1, -0.05) is 60.7 Å². The lowest BCUT2D eigenvalue weighted by molar-refractivity contribution is -0.128. The fourth-order valence-corrected chi connectivity index (χ4v) is 4.25. The monoisotopic (exact) mass is 472 g/mol. The normalized spacial score (nSPS) is 18.2. The quantitative estimate of drug-likeness (QED) is 0.551. The van der Waals surface area contributed by atoms with E-state index in [1.165, 1.54) is 12.1 Å². The third-order valence-electron chi connectivity index (χ3n) is 6.28. The minimum atomic E-state index is -0.880. The van der Waals surface area contributed by atoms with E-state index in [4.69, 9.17) is 10.7 Å². The van der Waals surface area contributed by atoms with Crippen molar-refractivity contribution in [3.63, 3.8) is 0 Å². The van der Waals surface area contributed by atoms with E-state index in [9.17, 15) is 14.0 Å². The topological polar surface area (TPSA) is 87.8 Å². The molecule has 0 bridgehead atoms. The van der Waals surface area contributed by atoms with E-state index in [0.717, 1.165) is 22.4 Å². The number of likely N-dealkylation sites (N-methyl/N-ethyl adjacent to an activating group) is 1. The van der Waals surface area contributed by atoms with Crippen molar-refractivity contribution in [2.24, 2.45) is 10.7 Å². The second-order valence-electron chi connectivity index (χ2n) is 8.73. The first-order valence-corrected chi connectivity index (χ1v) is 11.6. The molecular formula is C28H29FN4O2. The third kappa shape index (κ3) is 5.46. The Labute approximate surface area is 204 Å². The molecule has 0 fully saturated rings. The van der Waals surface area contributed by atoms with E-state index in [2.05, 4.69) is 5.32 Å². The highest BCUT2D eigenvalue weighted by molar-refractivity contribution is 6.17. The Morgan fingerprint density at radius 2 is 1.69 bits per heavy atom. The maximum atomic E-state index is 13.5. The Hall–Kier alpha value is -3.84. The molecule has 1 aliphatic heterocycles. The number of aliphatic imine (C=N–C) groups is 1. The number of hydrogen-bond donors (Lipinski definition) is 2. The van der Waals surface area contributed by atoms with Crippen LogP contribution in [-0.2, 0) is 16.0 Å². The highest BCUT2D eigenvalue weighted by Gasteiger charge is 2.36. The number of ketones is 1. The summed E-state index contributed by atoms with van der Waals surface area (Å²) in [6.45, 7) is 1.65. The van der Waals surface area contributed by atoms with Gasteiger partial charge in [0.25, 0.3) is 0 Å². The number of aryl methyl sites for hydroxylation is 1. The summed E-state index contributed by atoms with van der Waals surface area (Å²) < 4.78 is 13.1. The predicted molar refractivity (Wildman–Crippen MR) is 136 cm³/mol. The Morgan fingerprint density at radius 1 is 1.03 bits per heavy atom. The van der Waals surface area contributed by atoms with E-state index in [0.29, 0.717) is 12.1 Å². The summed E-state index contributed by atoms with van der Waals surface area (Å²) in [4.78, 5) is 32.8. The number of benzodiazepines with no additional fused rings is 1. The smallest absolute Gasteiger partial charge is 0.220 e. The molecule has 180 valence electrons. The number of benzene rings is 3. The number of carbonyl (C=O) groups excluding carboxylic acids is 2. The number of fused-ring (bicyclic) bond motifs is 1. The lowest BCUT2D eigenvalue weighted by atomic mass is 10.00. The summed E-state index contributed by atoms with van der Waals surface area (Å²) >= 11 is 0. The molecule has 3 aromatic rings. The van der Waals surface area contributed by atoms with E-state index in [1.807, 2.05) is 66.5 Å². The van der Waals surface area contributed by atoms with Crippen LogP contribution in [0.1, 0.15) is 30.0 Å².